The minimum Gasteiger partial charge on any atom is -0.324 e. The average molecular weight is 427 g/mol. The molecular formula is C17H17BrClN3O3. The molecule has 0 radical (unpaired) electrons. The Morgan fingerprint density at radius 2 is 2.04 bits per heavy atom. The number of nitro groups is 1. The van der Waals surface area contributed by atoms with E-state index < -0.39 is 4.92 Å². The zero-order valence-electron chi connectivity index (χ0n) is 13.7. The summed E-state index contributed by atoms with van der Waals surface area (Å²) in [6.07, 6.45) is 0. The highest BCUT2D eigenvalue weighted by molar-refractivity contribution is 9.10. The fourth-order valence-electron chi connectivity index (χ4n) is 2.32. The molecule has 0 aromatic heterocycles. The van der Waals surface area contributed by atoms with Gasteiger partial charge in [0, 0.05) is 27.7 Å². The number of nitro benzene ring substituents is 1. The number of anilines is 1. The Kier molecular flexibility index (Phi) is 6.52. The molecule has 0 fully saturated rings. The van der Waals surface area contributed by atoms with Gasteiger partial charge in [-0.05, 0) is 47.6 Å². The van der Waals surface area contributed by atoms with E-state index >= 15 is 0 Å². The Hall–Kier alpha value is -1.96. The van der Waals surface area contributed by atoms with Gasteiger partial charge in [0.2, 0.25) is 5.91 Å². The first kappa shape index (κ1) is 19.4. The smallest absolute Gasteiger partial charge is 0.270 e. The Bertz CT molecular complexity index is 800. The molecule has 0 aliphatic carbocycles. The van der Waals surface area contributed by atoms with E-state index in [9.17, 15) is 14.9 Å². The number of nitrogens with one attached hydrogen (secondary N) is 1. The summed E-state index contributed by atoms with van der Waals surface area (Å²) in [5.74, 6) is -0.226. The second kappa shape index (κ2) is 8.42. The van der Waals surface area contributed by atoms with E-state index in [4.69, 9.17) is 11.6 Å². The van der Waals surface area contributed by atoms with Gasteiger partial charge in [-0.25, -0.2) is 0 Å². The summed E-state index contributed by atoms with van der Waals surface area (Å²) < 4.78 is 0.455. The first-order valence-corrected chi connectivity index (χ1v) is 8.65. The Morgan fingerprint density at radius 3 is 2.64 bits per heavy atom. The van der Waals surface area contributed by atoms with Crippen LogP contribution in [0.2, 0.25) is 5.02 Å². The van der Waals surface area contributed by atoms with Gasteiger partial charge in [-0.1, -0.05) is 29.8 Å². The van der Waals surface area contributed by atoms with Crippen LogP contribution in [0.5, 0.6) is 0 Å². The maximum atomic E-state index is 12.3. The molecule has 0 saturated carbocycles. The summed E-state index contributed by atoms with van der Waals surface area (Å²) in [5.41, 5.74) is 1.37. The van der Waals surface area contributed by atoms with Crippen LogP contribution in [-0.2, 0) is 4.79 Å². The van der Waals surface area contributed by atoms with Crippen molar-refractivity contribution in [3.8, 4) is 0 Å². The van der Waals surface area contributed by atoms with Gasteiger partial charge in [0.1, 0.15) is 0 Å². The van der Waals surface area contributed by atoms with E-state index in [0.717, 1.165) is 5.56 Å². The largest absolute Gasteiger partial charge is 0.324 e. The van der Waals surface area contributed by atoms with Crippen molar-refractivity contribution in [1.29, 1.82) is 0 Å². The van der Waals surface area contributed by atoms with Gasteiger partial charge >= 0.3 is 0 Å². The summed E-state index contributed by atoms with van der Waals surface area (Å²) in [4.78, 5) is 24.4. The van der Waals surface area contributed by atoms with Gasteiger partial charge in [0.15, 0.2) is 0 Å². The highest BCUT2D eigenvalue weighted by Gasteiger charge is 2.18. The normalized spacial score (nSPS) is 12.0. The van der Waals surface area contributed by atoms with Crippen LogP contribution in [0, 0.1) is 10.1 Å². The van der Waals surface area contributed by atoms with E-state index in [1.807, 2.05) is 43.1 Å². The highest BCUT2D eigenvalue weighted by Crippen LogP contribution is 2.28. The van der Waals surface area contributed by atoms with Crippen LogP contribution >= 0.6 is 27.5 Å². The topological polar surface area (TPSA) is 75.5 Å². The quantitative estimate of drug-likeness (QED) is 0.539. The maximum absolute atomic E-state index is 12.3. The summed E-state index contributed by atoms with van der Waals surface area (Å²) in [6.45, 7) is 2.12. The Balaban J connectivity index is 2.02. The molecular weight excluding hydrogens is 410 g/mol. The average Bonchev–Trinajstić information content (AvgIpc) is 2.56. The van der Waals surface area contributed by atoms with Crippen molar-refractivity contribution in [2.45, 2.75) is 13.0 Å². The summed E-state index contributed by atoms with van der Waals surface area (Å²) in [5, 5.41) is 14.1. The number of halogens is 2. The molecule has 0 aliphatic heterocycles. The van der Waals surface area contributed by atoms with Crippen molar-refractivity contribution >= 4 is 44.8 Å². The van der Waals surface area contributed by atoms with E-state index in [2.05, 4.69) is 21.2 Å². The van der Waals surface area contributed by atoms with E-state index in [1.165, 1.54) is 18.2 Å². The van der Waals surface area contributed by atoms with Crippen LogP contribution in [0.1, 0.15) is 18.5 Å². The van der Waals surface area contributed by atoms with E-state index in [1.54, 1.807) is 0 Å². The standard InChI is InChI=1S/C17H17BrClN3O3/c1-11(13-5-3-4-6-15(13)19)21(2)10-17(23)20-16-8-7-12(22(24)25)9-14(16)18/h3-9,11H,10H2,1-2H3,(H,20,23). The molecule has 0 aliphatic rings. The van der Waals surface area contributed by atoms with Crippen LogP contribution in [-0.4, -0.2) is 29.3 Å². The van der Waals surface area contributed by atoms with Gasteiger partial charge < -0.3 is 5.32 Å². The van der Waals surface area contributed by atoms with Gasteiger partial charge in [-0.3, -0.25) is 19.8 Å². The number of hydrogen-bond acceptors (Lipinski definition) is 4. The fourth-order valence-corrected chi connectivity index (χ4v) is 3.08. The SMILES string of the molecule is CC(c1ccccc1Cl)N(C)CC(=O)Nc1ccc([N+](=O)[O-])cc1Br. The van der Waals surface area contributed by atoms with Gasteiger partial charge in [-0.2, -0.15) is 0 Å². The molecule has 2 aromatic rings. The van der Waals surface area contributed by atoms with Crippen molar-refractivity contribution < 1.29 is 9.72 Å². The summed E-state index contributed by atoms with van der Waals surface area (Å²) >= 11 is 9.44. The number of non-ortho nitro benzene ring substituents is 1. The lowest BCUT2D eigenvalue weighted by molar-refractivity contribution is -0.384. The second-order valence-electron chi connectivity index (χ2n) is 5.58. The van der Waals surface area contributed by atoms with Crippen LogP contribution in [0.3, 0.4) is 0 Å². The van der Waals surface area contributed by atoms with Crippen LogP contribution in [0.15, 0.2) is 46.9 Å². The van der Waals surface area contributed by atoms with Gasteiger partial charge in [0.25, 0.3) is 5.69 Å². The molecule has 2 aromatic carbocycles. The number of benzene rings is 2. The number of rotatable bonds is 6. The lowest BCUT2D eigenvalue weighted by Gasteiger charge is -2.25. The zero-order valence-corrected chi connectivity index (χ0v) is 16.0. The molecule has 6 nitrogen and oxygen atoms in total. The molecule has 0 saturated heterocycles. The first-order valence-electron chi connectivity index (χ1n) is 7.48. The third kappa shape index (κ3) is 5.01. The Labute approximate surface area is 159 Å². The lowest BCUT2D eigenvalue weighted by Crippen LogP contribution is -2.32. The van der Waals surface area contributed by atoms with Crippen molar-refractivity contribution in [2.75, 3.05) is 18.9 Å². The lowest BCUT2D eigenvalue weighted by atomic mass is 10.1. The molecule has 1 N–H and O–H groups in total. The molecule has 25 heavy (non-hydrogen) atoms. The minimum absolute atomic E-state index is 0.0419. The summed E-state index contributed by atoms with van der Waals surface area (Å²) in [6, 6.07) is 11.7. The van der Waals surface area contributed by atoms with Gasteiger partial charge in [-0.15, -0.1) is 0 Å². The highest BCUT2D eigenvalue weighted by atomic mass is 79.9. The fraction of sp³-hybridized carbons (Fsp3) is 0.235. The van der Waals surface area contributed by atoms with E-state index in [-0.39, 0.29) is 24.2 Å². The number of likely N-dealkylation sites (N-methyl/N-ethyl adjacent to an activating group) is 1. The van der Waals surface area contributed by atoms with Gasteiger partial charge in [0.05, 0.1) is 17.2 Å². The van der Waals surface area contributed by atoms with E-state index in [0.29, 0.717) is 15.2 Å². The number of carbonyl (C=O) groups excluding carboxylic acids is 1. The molecule has 1 amide bonds. The van der Waals surface area contributed by atoms with Crippen molar-refractivity contribution in [1.82, 2.24) is 4.90 Å². The third-order valence-corrected chi connectivity index (χ3v) is 4.85. The molecule has 2 rings (SSSR count). The van der Waals surface area contributed by atoms with Crippen LogP contribution in [0.25, 0.3) is 0 Å². The molecule has 132 valence electrons. The summed E-state index contributed by atoms with van der Waals surface area (Å²) in [7, 11) is 1.83. The zero-order chi connectivity index (χ0) is 18.6. The maximum Gasteiger partial charge on any atom is 0.270 e. The molecule has 8 heteroatoms. The van der Waals surface area contributed by atoms with Crippen LogP contribution < -0.4 is 5.32 Å². The van der Waals surface area contributed by atoms with Crippen molar-refractivity contribution in [3.05, 3.63) is 67.6 Å². The predicted molar refractivity (Wildman–Crippen MR) is 102 cm³/mol. The molecule has 0 heterocycles. The molecule has 1 atom stereocenters. The Morgan fingerprint density at radius 1 is 1.36 bits per heavy atom. The second-order valence-corrected chi connectivity index (χ2v) is 6.84. The number of hydrogen-bond donors (Lipinski definition) is 1. The molecule has 1 unspecified atom stereocenters. The predicted octanol–water partition coefficient (Wildman–Crippen LogP) is 4.64. The van der Waals surface area contributed by atoms with Crippen LogP contribution in [0.4, 0.5) is 11.4 Å². The number of amides is 1. The number of nitrogens with zero attached hydrogens (tertiary/aromatic N) is 2. The van der Waals surface area contributed by atoms with Crippen molar-refractivity contribution in [2.24, 2.45) is 0 Å². The monoisotopic (exact) mass is 425 g/mol. The minimum atomic E-state index is -0.491. The first-order chi connectivity index (χ1) is 11.8. The van der Waals surface area contributed by atoms with Crippen molar-refractivity contribution in [3.63, 3.8) is 0 Å². The molecule has 0 spiro atoms. The number of carbonyl (C=O) groups is 1. The third-order valence-electron chi connectivity index (χ3n) is 3.85. The molecule has 0 bridgehead atoms.